The number of hydrogen-bond donors (Lipinski definition) is 0. The molecule has 1 aliphatic carbocycles. The summed E-state index contributed by atoms with van der Waals surface area (Å²) in [6.07, 6.45) is 6.34. The first-order valence-electron chi connectivity index (χ1n) is 4.44. The molecule has 1 rings (SSSR count). The van der Waals surface area contributed by atoms with Crippen molar-refractivity contribution < 1.29 is 4.74 Å². The van der Waals surface area contributed by atoms with Crippen molar-refractivity contribution in [3.8, 4) is 0 Å². The van der Waals surface area contributed by atoms with Crippen molar-refractivity contribution >= 4 is 0 Å². The summed E-state index contributed by atoms with van der Waals surface area (Å²) in [5.41, 5.74) is 1.37. The SMILES string of the molecule is CCOC1=CC=C(N(C)C)CC1. The fourth-order valence-corrected chi connectivity index (χ4v) is 1.29. The summed E-state index contributed by atoms with van der Waals surface area (Å²) >= 11 is 0. The molecule has 0 aromatic carbocycles. The van der Waals surface area contributed by atoms with Crippen LogP contribution in [0.15, 0.2) is 23.6 Å². The van der Waals surface area contributed by atoms with E-state index < -0.39 is 0 Å². The van der Waals surface area contributed by atoms with Gasteiger partial charge in [-0.15, -0.1) is 0 Å². The van der Waals surface area contributed by atoms with E-state index in [1.807, 2.05) is 6.92 Å². The first kappa shape index (κ1) is 9.17. The van der Waals surface area contributed by atoms with Crippen molar-refractivity contribution in [3.63, 3.8) is 0 Å². The Morgan fingerprint density at radius 1 is 1.33 bits per heavy atom. The molecule has 0 bridgehead atoms. The number of allylic oxidation sites excluding steroid dienone is 4. The monoisotopic (exact) mass is 167 g/mol. The molecule has 2 nitrogen and oxygen atoms in total. The molecule has 0 spiro atoms. The van der Waals surface area contributed by atoms with Gasteiger partial charge >= 0.3 is 0 Å². The Morgan fingerprint density at radius 2 is 2.08 bits per heavy atom. The molecule has 68 valence electrons. The fraction of sp³-hybridized carbons (Fsp3) is 0.600. The van der Waals surface area contributed by atoms with E-state index in [2.05, 4.69) is 31.1 Å². The molecule has 0 unspecified atom stereocenters. The van der Waals surface area contributed by atoms with Crippen LogP contribution in [0.25, 0.3) is 0 Å². The smallest absolute Gasteiger partial charge is 0.0964 e. The van der Waals surface area contributed by atoms with Crippen LogP contribution >= 0.6 is 0 Å². The highest BCUT2D eigenvalue weighted by molar-refractivity contribution is 5.19. The minimum Gasteiger partial charge on any atom is -0.498 e. The molecule has 0 heterocycles. The van der Waals surface area contributed by atoms with Crippen molar-refractivity contribution in [3.05, 3.63) is 23.6 Å². The molecule has 2 heteroatoms. The first-order valence-corrected chi connectivity index (χ1v) is 4.44. The normalized spacial score (nSPS) is 16.6. The highest BCUT2D eigenvalue weighted by Crippen LogP contribution is 2.19. The van der Waals surface area contributed by atoms with Gasteiger partial charge in [-0.2, -0.15) is 0 Å². The van der Waals surface area contributed by atoms with Crippen LogP contribution < -0.4 is 0 Å². The van der Waals surface area contributed by atoms with Crippen LogP contribution in [0.4, 0.5) is 0 Å². The molecule has 0 N–H and O–H groups in total. The van der Waals surface area contributed by atoms with E-state index in [0.29, 0.717) is 0 Å². The van der Waals surface area contributed by atoms with Gasteiger partial charge in [-0.3, -0.25) is 0 Å². The van der Waals surface area contributed by atoms with Gasteiger partial charge in [0.15, 0.2) is 0 Å². The van der Waals surface area contributed by atoms with Crippen LogP contribution in [0.3, 0.4) is 0 Å². The van der Waals surface area contributed by atoms with Crippen LogP contribution in [0, 0.1) is 0 Å². The first-order chi connectivity index (χ1) is 5.74. The summed E-state index contributed by atoms with van der Waals surface area (Å²) in [5.74, 6) is 1.11. The molecule has 1 aliphatic rings. The third kappa shape index (κ3) is 2.29. The predicted octanol–water partition coefficient (Wildman–Crippen LogP) is 2.15. The van der Waals surface area contributed by atoms with Crippen molar-refractivity contribution in [1.82, 2.24) is 4.90 Å². The van der Waals surface area contributed by atoms with Gasteiger partial charge in [-0.25, -0.2) is 0 Å². The fourth-order valence-electron chi connectivity index (χ4n) is 1.29. The lowest BCUT2D eigenvalue weighted by molar-refractivity contribution is 0.215. The second-order valence-electron chi connectivity index (χ2n) is 3.12. The lowest BCUT2D eigenvalue weighted by Gasteiger charge is -2.20. The largest absolute Gasteiger partial charge is 0.498 e. The second kappa shape index (κ2) is 4.19. The number of ether oxygens (including phenoxy) is 1. The summed E-state index contributed by atoms with van der Waals surface area (Å²) < 4.78 is 5.41. The molecule has 0 amide bonds. The Labute approximate surface area is 74.5 Å². The topological polar surface area (TPSA) is 12.5 Å². The molecule has 0 atom stereocenters. The molecule has 0 aromatic rings. The summed E-state index contributed by atoms with van der Waals surface area (Å²) in [5, 5.41) is 0. The second-order valence-corrected chi connectivity index (χ2v) is 3.12. The van der Waals surface area contributed by atoms with Gasteiger partial charge in [-0.1, -0.05) is 0 Å². The van der Waals surface area contributed by atoms with E-state index in [1.165, 1.54) is 5.70 Å². The molecule has 0 saturated carbocycles. The summed E-state index contributed by atoms with van der Waals surface area (Å²) in [6, 6.07) is 0. The van der Waals surface area contributed by atoms with E-state index >= 15 is 0 Å². The molecule has 0 aliphatic heterocycles. The summed E-state index contributed by atoms with van der Waals surface area (Å²) in [7, 11) is 4.15. The van der Waals surface area contributed by atoms with Crippen molar-refractivity contribution in [2.45, 2.75) is 19.8 Å². The maximum absolute atomic E-state index is 5.41. The minimum atomic E-state index is 0.775. The van der Waals surface area contributed by atoms with Crippen LogP contribution in [0.2, 0.25) is 0 Å². The van der Waals surface area contributed by atoms with E-state index in [4.69, 9.17) is 4.74 Å². The van der Waals surface area contributed by atoms with E-state index in [-0.39, 0.29) is 0 Å². The molecule has 0 radical (unpaired) electrons. The summed E-state index contributed by atoms with van der Waals surface area (Å²) in [6.45, 7) is 2.79. The highest BCUT2D eigenvalue weighted by Gasteiger charge is 2.07. The van der Waals surface area contributed by atoms with Gasteiger partial charge in [0, 0.05) is 26.2 Å². The maximum Gasteiger partial charge on any atom is 0.0964 e. The van der Waals surface area contributed by atoms with Crippen LogP contribution in [-0.4, -0.2) is 25.6 Å². The Bertz CT molecular complexity index is 204. The quantitative estimate of drug-likeness (QED) is 0.638. The van der Waals surface area contributed by atoms with Crippen molar-refractivity contribution in [2.24, 2.45) is 0 Å². The van der Waals surface area contributed by atoms with E-state index in [1.54, 1.807) is 0 Å². The molecule has 0 aromatic heterocycles. The molecule has 0 saturated heterocycles. The van der Waals surface area contributed by atoms with Crippen molar-refractivity contribution in [1.29, 1.82) is 0 Å². The van der Waals surface area contributed by atoms with E-state index in [0.717, 1.165) is 25.2 Å². The third-order valence-corrected chi connectivity index (χ3v) is 1.99. The van der Waals surface area contributed by atoms with Gasteiger partial charge in [-0.05, 0) is 25.5 Å². The van der Waals surface area contributed by atoms with Gasteiger partial charge in [0.2, 0.25) is 0 Å². The van der Waals surface area contributed by atoms with Crippen LogP contribution in [0.1, 0.15) is 19.8 Å². The predicted molar refractivity (Wildman–Crippen MR) is 50.7 cm³/mol. The number of rotatable bonds is 3. The number of nitrogens with zero attached hydrogens (tertiary/aromatic N) is 1. The van der Waals surface area contributed by atoms with Gasteiger partial charge in [0.25, 0.3) is 0 Å². The van der Waals surface area contributed by atoms with Gasteiger partial charge in [0.1, 0.15) is 0 Å². The lowest BCUT2D eigenvalue weighted by atomic mass is 10.1. The Morgan fingerprint density at radius 3 is 2.50 bits per heavy atom. The average Bonchev–Trinajstić information content (AvgIpc) is 2.06. The van der Waals surface area contributed by atoms with Crippen LogP contribution in [-0.2, 0) is 4.74 Å². The summed E-state index contributed by atoms with van der Waals surface area (Å²) in [4.78, 5) is 2.15. The van der Waals surface area contributed by atoms with Gasteiger partial charge < -0.3 is 9.64 Å². The average molecular weight is 167 g/mol. The molecule has 12 heavy (non-hydrogen) atoms. The molecular weight excluding hydrogens is 150 g/mol. The molecule has 0 fully saturated rings. The zero-order valence-electron chi connectivity index (χ0n) is 8.13. The maximum atomic E-state index is 5.41. The van der Waals surface area contributed by atoms with Crippen LogP contribution in [0.5, 0.6) is 0 Å². The zero-order valence-corrected chi connectivity index (χ0v) is 8.13. The third-order valence-electron chi connectivity index (χ3n) is 1.99. The Kier molecular flexibility index (Phi) is 3.20. The number of hydrogen-bond acceptors (Lipinski definition) is 2. The standard InChI is InChI=1S/C10H17NO/c1-4-12-10-7-5-9(6-8-10)11(2)3/h5,7H,4,6,8H2,1-3H3. The van der Waals surface area contributed by atoms with Crippen molar-refractivity contribution in [2.75, 3.05) is 20.7 Å². The highest BCUT2D eigenvalue weighted by atomic mass is 16.5. The van der Waals surface area contributed by atoms with Gasteiger partial charge in [0.05, 0.1) is 12.4 Å². The molecular formula is C10H17NO. The Hall–Kier alpha value is -0.920. The Balaban J connectivity index is 2.54. The zero-order chi connectivity index (χ0) is 8.97. The van der Waals surface area contributed by atoms with E-state index in [9.17, 15) is 0 Å². The minimum absolute atomic E-state index is 0.775. The lowest BCUT2D eigenvalue weighted by Crippen LogP contribution is -2.13.